The summed E-state index contributed by atoms with van der Waals surface area (Å²) < 4.78 is 1.29. The molecule has 0 aromatic rings. The third-order valence-corrected chi connectivity index (χ3v) is 2.54. The second kappa shape index (κ2) is 7.58. The molecule has 0 atom stereocenters. The summed E-state index contributed by atoms with van der Waals surface area (Å²) in [7, 11) is 1.66. The van der Waals surface area contributed by atoms with E-state index in [0.29, 0.717) is 6.42 Å². The van der Waals surface area contributed by atoms with Gasteiger partial charge in [0.05, 0.1) is 0 Å². The fourth-order valence-corrected chi connectivity index (χ4v) is 1.35. The van der Waals surface area contributed by atoms with E-state index in [9.17, 15) is 4.79 Å². The maximum absolute atomic E-state index is 10.8. The van der Waals surface area contributed by atoms with Gasteiger partial charge in [0.15, 0.2) is 0 Å². The number of halogens is 1. The normalized spacial score (nSPS) is 11.4. The van der Waals surface area contributed by atoms with Gasteiger partial charge in [-0.3, -0.25) is 4.79 Å². The fourth-order valence-electron chi connectivity index (χ4n) is 0.753. The summed E-state index contributed by atoms with van der Waals surface area (Å²) in [4.78, 5) is 10.8. The molecule has 0 rings (SSSR count). The van der Waals surface area contributed by atoms with Crippen LogP contribution in [0.1, 0.15) is 32.6 Å². The lowest BCUT2D eigenvalue weighted by Gasteiger charge is -1.97. The first-order chi connectivity index (χ1) is 5.70. The summed E-state index contributed by atoms with van der Waals surface area (Å²) in [6.45, 7) is 2.17. The molecule has 1 amide bonds. The van der Waals surface area contributed by atoms with Gasteiger partial charge in [-0.15, -0.1) is 0 Å². The van der Waals surface area contributed by atoms with Gasteiger partial charge < -0.3 is 5.32 Å². The second-order valence-electron chi connectivity index (χ2n) is 2.63. The van der Waals surface area contributed by atoms with Crippen molar-refractivity contribution in [2.75, 3.05) is 7.05 Å². The number of hydrogen-bond acceptors (Lipinski definition) is 1. The van der Waals surface area contributed by atoms with E-state index in [4.69, 9.17) is 0 Å². The predicted molar refractivity (Wildman–Crippen MR) is 60.3 cm³/mol. The van der Waals surface area contributed by atoms with E-state index in [1.807, 2.05) is 6.08 Å². The molecule has 70 valence electrons. The number of amides is 1. The van der Waals surface area contributed by atoms with E-state index in [0.717, 1.165) is 6.42 Å². The Bertz CT molecular complexity index is 166. The molecule has 0 aromatic heterocycles. The number of rotatable bonds is 5. The summed E-state index contributed by atoms with van der Waals surface area (Å²) in [5.41, 5.74) is 0. The Kier molecular flexibility index (Phi) is 7.54. The van der Waals surface area contributed by atoms with Crippen molar-refractivity contribution in [1.82, 2.24) is 5.32 Å². The number of allylic oxidation sites excluding steroid dienone is 1. The van der Waals surface area contributed by atoms with Crippen LogP contribution in [0.5, 0.6) is 0 Å². The van der Waals surface area contributed by atoms with Crippen LogP contribution in [0.2, 0.25) is 0 Å². The predicted octanol–water partition coefficient (Wildman–Crippen LogP) is 2.63. The lowest BCUT2D eigenvalue weighted by molar-refractivity contribution is -0.119. The summed E-state index contributed by atoms with van der Waals surface area (Å²) in [6, 6.07) is 0. The van der Waals surface area contributed by atoms with Crippen LogP contribution in [-0.4, -0.2) is 13.0 Å². The van der Waals surface area contributed by atoms with Gasteiger partial charge in [0.1, 0.15) is 0 Å². The zero-order valence-corrected chi connectivity index (χ0v) is 9.85. The van der Waals surface area contributed by atoms with E-state index < -0.39 is 0 Å². The average molecular weight is 281 g/mol. The first kappa shape index (κ1) is 11.9. The van der Waals surface area contributed by atoms with Crippen molar-refractivity contribution >= 4 is 28.5 Å². The molecule has 0 heterocycles. The Morgan fingerprint density at radius 3 is 2.75 bits per heavy atom. The highest BCUT2D eigenvalue weighted by molar-refractivity contribution is 14.1. The molecule has 0 aromatic carbocycles. The van der Waals surface area contributed by atoms with E-state index in [1.165, 1.54) is 16.4 Å². The van der Waals surface area contributed by atoms with Crippen LogP contribution >= 0.6 is 22.6 Å². The van der Waals surface area contributed by atoms with Gasteiger partial charge in [-0.05, 0) is 39.0 Å². The number of nitrogens with one attached hydrogen (secondary N) is 1. The van der Waals surface area contributed by atoms with Gasteiger partial charge in [0.25, 0.3) is 0 Å². The lowest BCUT2D eigenvalue weighted by atomic mass is 10.2. The van der Waals surface area contributed by atoms with Gasteiger partial charge in [0, 0.05) is 13.5 Å². The van der Waals surface area contributed by atoms with Crippen molar-refractivity contribution in [3.8, 4) is 0 Å². The minimum absolute atomic E-state index is 0.0839. The highest BCUT2D eigenvalue weighted by Gasteiger charge is 1.95. The van der Waals surface area contributed by atoms with Crippen LogP contribution < -0.4 is 5.32 Å². The zero-order chi connectivity index (χ0) is 9.40. The largest absolute Gasteiger partial charge is 0.359 e. The van der Waals surface area contributed by atoms with Gasteiger partial charge in [-0.25, -0.2) is 0 Å². The van der Waals surface area contributed by atoms with Gasteiger partial charge >= 0.3 is 0 Å². The molecule has 0 bridgehead atoms. The van der Waals surface area contributed by atoms with Crippen molar-refractivity contribution < 1.29 is 4.79 Å². The standard InChI is InChI=1S/C9H16INO/c1-3-4-5-8(10)6-7-9(12)11-2/h6H,3-5,7H2,1-2H3,(H,11,12)/b8-6-. The molecule has 0 aliphatic rings. The Hall–Kier alpha value is -0.0600. The highest BCUT2D eigenvalue weighted by atomic mass is 127. The highest BCUT2D eigenvalue weighted by Crippen LogP contribution is 2.15. The molecule has 0 radical (unpaired) electrons. The fraction of sp³-hybridized carbons (Fsp3) is 0.667. The SMILES string of the molecule is CCCC/C(I)=C/CC(=O)NC. The molecule has 0 aliphatic carbocycles. The molecule has 0 saturated carbocycles. The molecule has 2 nitrogen and oxygen atoms in total. The van der Waals surface area contributed by atoms with Gasteiger partial charge in [0.2, 0.25) is 5.91 Å². The minimum atomic E-state index is 0.0839. The molecular weight excluding hydrogens is 265 g/mol. The topological polar surface area (TPSA) is 29.1 Å². The third-order valence-electron chi connectivity index (χ3n) is 1.56. The summed E-state index contributed by atoms with van der Waals surface area (Å²) in [5.74, 6) is 0.0839. The minimum Gasteiger partial charge on any atom is -0.359 e. The summed E-state index contributed by atoms with van der Waals surface area (Å²) in [6.07, 6.45) is 6.03. The summed E-state index contributed by atoms with van der Waals surface area (Å²) >= 11 is 2.30. The molecule has 0 saturated heterocycles. The number of carbonyl (C=O) groups is 1. The van der Waals surface area contributed by atoms with Crippen LogP contribution in [-0.2, 0) is 4.79 Å². The van der Waals surface area contributed by atoms with Crippen LogP contribution in [0.25, 0.3) is 0 Å². The van der Waals surface area contributed by atoms with E-state index >= 15 is 0 Å². The van der Waals surface area contributed by atoms with E-state index in [-0.39, 0.29) is 5.91 Å². The lowest BCUT2D eigenvalue weighted by Crippen LogP contribution is -2.16. The van der Waals surface area contributed by atoms with Crippen molar-refractivity contribution in [1.29, 1.82) is 0 Å². The van der Waals surface area contributed by atoms with E-state index in [1.54, 1.807) is 7.05 Å². The zero-order valence-electron chi connectivity index (χ0n) is 7.69. The molecule has 0 fully saturated rings. The maximum Gasteiger partial charge on any atom is 0.223 e. The van der Waals surface area contributed by atoms with Crippen molar-refractivity contribution in [3.05, 3.63) is 9.66 Å². The monoisotopic (exact) mass is 281 g/mol. The molecule has 3 heteroatoms. The molecule has 0 aliphatic heterocycles. The first-order valence-corrected chi connectivity index (χ1v) is 5.33. The number of hydrogen-bond donors (Lipinski definition) is 1. The molecule has 12 heavy (non-hydrogen) atoms. The first-order valence-electron chi connectivity index (χ1n) is 4.25. The Labute approximate surface area is 87.9 Å². The summed E-state index contributed by atoms with van der Waals surface area (Å²) in [5, 5.41) is 2.59. The Balaban J connectivity index is 3.60. The van der Waals surface area contributed by atoms with Crippen LogP contribution in [0.4, 0.5) is 0 Å². The van der Waals surface area contributed by atoms with E-state index in [2.05, 4.69) is 34.8 Å². The van der Waals surface area contributed by atoms with Crippen molar-refractivity contribution in [3.63, 3.8) is 0 Å². The van der Waals surface area contributed by atoms with Crippen molar-refractivity contribution in [2.24, 2.45) is 0 Å². The number of unbranched alkanes of at least 4 members (excludes halogenated alkanes) is 1. The second-order valence-corrected chi connectivity index (χ2v) is 4.02. The maximum atomic E-state index is 10.8. The van der Waals surface area contributed by atoms with Gasteiger partial charge in [-0.2, -0.15) is 0 Å². The van der Waals surface area contributed by atoms with Crippen LogP contribution in [0.3, 0.4) is 0 Å². The van der Waals surface area contributed by atoms with Crippen molar-refractivity contribution in [2.45, 2.75) is 32.6 Å². The Morgan fingerprint density at radius 2 is 2.25 bits per heavy atom. The molecule has 0 unspecified atom stereocenters. The third kappa shape index (κ3) is 6.64. The molecule has 1 N–H and O–H groups in total. The van der Waals surface area contributed by atoms with Crippen LogP contribution in [0, 0.1) is 0 Å². The quantitative estimate of drug-likeness (QED) is 0.771. The van der Waals surface area contributed by atoms with Gasteiger partial charge in [-0.1, -0.05) is 19.4 Å². The average Bonchev–Trinajstić information content (AvgIpc) is 2.10. The smallest absolute Gasteiger partial charge is 0.223 e. The molecular formula is C9H16INO. The Morgan fingerprint density at radius 1 is 1.58 bits per heavy atom. The number of carbonyl (C=O) groups excluding carboxylic acids is 1. The van der Waals surface area contributed by atoms with Crippen LogP contribution in [0.15, 0.2) is 9.66 Å². The molecule has 0 spiro atoms.